The summed E-state index contributed by atoms with van der Waals surface area (Å²) in [6.07, 6.45) is 0. The van der Waals surface area contributed by atoms with Gasteiger partial charge in [0, 0.05) is 0 Å². The van der Waals surface area contributed by atoms with E-state index in [9.17, 15) is 26.3 Å². The van der Waals surface area contributed by atoms with E-state index in [4.69, 9.17) is 0 Å². The predicted octanol–water partition coefficient (Wildman–Crippen LogP) is 4.19. The summed E-state index contributed by atoms with van der Waals surface area (Å²) in [5.74, 6) is -9.59. The molecule has 0 aliphatic heterocycles. The average molecular weight is 332 g/mol. The summed E-state index contributed by atoms with van der Waals surface area (Å²) in [6, 6.07) is 0. The van der Waals surface area contributed by atoms with E-state index in [1.54, 1.807) is 0 Å². The van der Waals surface area contributed by atoms with Gasteiger partial charge in [-0.1, -0.05) is 34.8 Å². The van der Waals surface area contributed by atoms with Crippen molar-refractivity contribution >= 4 is 46.4 Å². The van der Waals surface area contributed by atoms with Crippen molar-refractivity contribution in [3.63, 3.8) is 0 Å². The van der Waals surface area contributed by atoms with Gasteiger partial charge >= 0.3 is 26.8 Å². The molecule has 11 heteroatoms. The Balaban J connectivity index is 2.94. The summed E-state index contributed by atoms with van der Waals surface area (Å²) in [4.78, 5) is 0. The van der Waals surface area contributed by atoms with Crippen molar-refractivity contribution in [1.82, 2.24) is 0 Å². The van der Waals surface area contributed by atoms with Crippen LogP contribution in [0, 0.1) is 0 Å². The van der Waals surface area contributed by atoms with Crippen molar-refractivity contribution < 1.29 is 31.1 Å². The van der Waals surface area contributed by atoms with Gasteiger partial charge in [-0.05, 0) is 11.6 Å². The highest BCUT2D eigenvalue weighted by atomic mass is 35.5. The summed E-state index contributed by atoms with van der Waals surface area (Å²) in [7, 11) is 0. The molecule has 0 amide bonds. The molecule has 0 saturated heterocycles. The zero-order valence-electron chi connectivity index (χ0n) is 6.69. The summed E-state index contributed by atoms with van der Waals surface area (Å²) in [6.45, 7) is 0. The van der Waals surface area contributed by atoms with Crippen LogP contribution in [0.5, 0.6) is 0 Å². The lowest BCUT2D eigenvalue weighted by Gasteiger charge is -2.25. The Kier molecular flexibility index (Phi) is 3.11. The van der Waals surface area contributed by atoms with Crippen LogP contribution in [0.2, 0.25) is 0 Å². The molecule has 0 N–H and O–H groups in total. The van der Waals surface area contributed by atoms with Gasteiger partial charge in [-0.2, -0.15) is 22.0 Å². The Morgan fingerprint density at radius 3 is 1.44 bits per heavy atom. The number of hydrogen-bond donors (Lipinski definition) is 0. The predicted molar refractivity (Wildman–Crippen MR) is 44.8 cm³/mol. The number of rotatable bonds is 3. The van der Waals surface area contributed by atoms with Crippen molar-refractivity contribution in [3.05, 3.63) is 0 Å². The maximum absolute atomic E-state index is 13.0. The Hall–Kier alpha value is 0.700. The van der Waals surface area contributed by atoms with Gasteiger partial charge in [-0.3, -0.25) is 4.74 Å². The highest BCUT2D eigenvalue weighted by Crippen LogP contribution is 2.72. The van der Waals surface area contributed by atoms with Crippen LogP contribution >= 0.6 is 46.4 Å². The highest BCUT2D eigenvalue weighted by molar-refractivity contribution is 6.51. The first-order chi connectivity index (χ1) is 6.71. The monoisotopic (exact) mass is 330 g/mol. The standard InChI is InChI=1S/C5Cl4F6O/c6-1(10)2(11,12)3(1,13)16-5(9,15)4(7,8)14. The smallest absolute Gasteiger partial charge is 0.282 e. The van der Waals surface area contributed by atoms with Crippen LogP contribution < -0.4 is 0 Å². The van der Waals surface area contributed by atoms with Crippen molar-refractivity contribution in [1.29, 1.82) is 0 Å². The molecule has 0 aromatic rings. The van der Waals surface area contributed by atoms with Gasteiger partial charge in [0.05, 0.1) is 0 Å². The van der Waals surface area contributed by atoms with Gasteiger partial charge in [-0.25, -0.2) is 4.39 Å². The number of hydrogen-bond acceptors (Lipinski definition) is 1. The molecule has 0 radical (unpaired) electrons. The first-order valence-corrected chi connectivity index (χ1v) is 4.81. The molecule has 0 aromatic heterocycles. The average Bonchev–Trinajstić information content (AvgIpc) is 2.25. The van der Waals surface area contributed by atoms with Gasteiger partial charge in [0.25, 0.3) is 0 Å². The molecule has 1 aliphatic carbocycles. The zero-order valence-corrected chi connectivity index (χ0v) is 9.71. The number of ether oxygens (including phenoxy) is 1. The van der Waals surface area contributed by atoms with Crippen LogP contribution in [0.25, 0.3) is 0 Å². The largest absolute Gasteiger partial charge is 0.363 e. The maximum Gasteiger partial charge on any atom is 0.363 e. The highest BCUT2D eigenvalue weighted by Gasteiger charge is 3.00. The Morgan fingerprint density at radius 2 is 1.25 bits per heavy atom. The quantitative estimate of drug-likeness (QED) is 0.556. The van der Waals surface area contributed by atoms with Crippen molar-refractivity contribution in [2.45, 2.75) is 26.8 Å². The number of alkyl halides is 10. The van der Waals surface area contributed by atoms with Crippen LogP contribution in [-0.2, 0) is 4.74 Å². The van der Waals surface area contributed by atoms with Crippen molar-refractivity contribution in [2.24, 2.45) is 0 Å². The first-order valence-electron chi connectivity index (χ1n) is 3.30. The fourth-order valence-corrected chi connectivity index (χ4v) is 1.14. The molecular formula is C5Cl4F6O. The van der Waals surface area contributed by atoms with E-state index in [1.807, 2.05) is 0 Å². The molecule has 1 nitrogen and oxygen atoms in total. The second kappa shape index (κ2) is 3.38. The molecule has 96 valence electrons. The fourth-order valence-electron chi connectivity index (χ4n) is 0.726. The SMILES string of the molecule is FC(Cl)(Cl)C(F)(Cl)OC1(F)C(F)(F)C1(F)Cl. The minimum absolute atomic E-state index is 3.07. The normalized spacial score (nSPS) is 41.6. The second-order valence-corrected chi connectivity index (χ2v) is 5.10. The zero-order chi connectivity index (χ0) is 13.2. The molecule has 1 rings (SSSR count). The molecule has 0 spiro atoms. The van der Waals surface area contributed by atoms with Gasteiger partial charge < -0.3 is 0 Å². The summed E-state index contributed by atoms with van der Waals surface area (Å²) < 4.78 is 74.9. The Labute approximate surface area is 105 Å². The van der Waals surface area contributed by atoms with Crippen molar-refractivity contribution in [3.8, 4) is 0 Å². The van der Waals surface area contributed by atoms with Gasteiger partial charge in [0.2, 0.25) is 0 Å². The lowest BCUT2D eigenvalue weighted by molar-refractivity contribution is -0.239. The molecule has 3 atom stereocenters. The molecule has 3 unspecified atom stereocenters. The van der Waals surface area contributed by atoms with Crippen molar-refractivity contribution in [2.75, 3.05) is 0 Å². The lowest BCUT2D eigenvalue weighted by atomic mass is 10.6. The third-order valence-electron chi connectivity index (χ3n) is 1.74. The Bertz CT molecular complexity index is 299. The number of halogens is 10. The summed E-state index contributed by atoms with van der Waals surface area (Å²) in [5.41, 5.74) is 0. The molecule has 0 aromatic carbocycles. The third kappa shape index (κ3) is 1.67. The molecule has 1 saturated carbocycles. The fraction of sp³-hybridized carbons (Fsp3) is 1.00. The van der Waals surface area contributed by atoms with E-state index < -0.39 is 26.8 Å². The summed E-state index contributed by atoms with van der Waals surface area (Å²) in [5, 5.41) is -8.83. The van der Waals surface area contributed by atoms with Gasteiger partial charge in [-0.15, -0.1) is 0 Å². The minimum atomic E-state index is -4.92. The van der Waals surface area contributed by atoms with E-state index in [-0.39, 0.29) is 0 Å². The third-order valence-corrected chi connectivity index (χ3v) is 3.24. The second-order valence-electron chi connectivity index (χ2n) is 2.86. The first kappa shape index (κ1) is 14.8. The lowest BCUT2D eigenvalue weighted by Crippen LogP contribution is -2.41. The van der Waals surface area contributed by atoms with Crippen LogP contribution in [0.1, 0.15) is 0 Å². The molecule has 0 heterocycles. The van der Waals surface area contributed by atoms with E-state index in [2.05, 4.69) is 51.1 Å². The molecule has 16 heavy (non-hydrogen) atoms. The molecule has 1 aliphatic rings. The van der Waals surface area contributed by atoms with Crippen LogP contribution in [0.3, 0.4) is 0 Å². The Morgan fingerprint density at radius 1 is 0.938 bits per heavy atom. The van der Waals surface area contributed by atoms with Crippen LogP contribution in [0.15, 0.2) is 0 Å². The summed E-state index contributed by atoms with van der Waals surface area (Å²) >= 11 is 17.7. The van der Waals surface area contributed by atoms with Gasteiger partial charge in [0.15, 0.2) is 0 Å². The van der Waals surface area contributed by atoms with Crippen LogP contribution in [0.4, 0.5) is 26.3 Å². The van der Waals surface area contributed by atoms with E-state index in [0.29, 0.717) is 0 Å². The van der Waals surface area contributed by atoms with Gasteiger partial charge in [0.1, 0.15) is 0 Å². The maximum atomic E-state index is 13.0. The van der Waals surface area contributed by atoms with Crippen LogP contribution in [-0.4, -0.2) is 26.8 Å². The molecular weight excluding hydrogens is 332 g/mol. The van der Waals surface area contributed by atoms with E-state index in [1.165, 1.54) is 0 Å². The topological polar surface area (TPSA) is 9.23 Å². The molecule has 1 fully saturated rings. The minimum Gasteiger partial charge on any atom is -0.282 e. The molecule has 0 bridgehead atoms. The van der Waals surface area contributed by atoms with E-state index in [0.717, 1.165) is 0 Å². The van der Waals surface area contributed by atoms with E-state index >= 15 is 0 Å².